The fourth-order valence-corrected chi connectivity index (χ4v) is 2.90. The Kier molecular flexibility index (Phi) is 3.95. The number of nitrogens with one attached hydrogen (secondary N) is 1. The zero-order valence-electron chi connectivity index (χ0n) is 8.80. The summed E-state index contributed by atoms with van der Waals surface area (Å²) in [5.74, 6) is 0. The predicted octanol–water partition coefficient (Wildman–Crippen LogP) is 2.65. The minimum Gasteiger partial charge on any atom is -0.330 e. The third-order valence-corrected chi connectivity index (χ3v) is 3.77. The lowest BCUT2D eigenvalue weighted by Crippen LogP contribution is -2.37. The maximum atomic E-state index is 5.91. The largest absolute Gasteiger partial charge is 0.330 e. The molecule has 1 rings (SSSR count). The van der Waals surface area contributed by atoms with Crippen molar-refractivity contribution in [3.05, 3.63) is 21.3 Å². The van der Waals surface area contributed by atoms with Gasteiger partial charge in [0.05, 0.1) is 4.34 Å². The molecule has 0 saturated heterocycles. The standard InChI is InChI=1S/C10H17ClN2S/c1-10(2,6-12)9(13-3)7-4-5-8(11)14-7/h4-5,9,13H,6,12H2,1-3H3. The molecule has 0 bridgehead atoms. The van der Waals surface area contributed by atoms with Crippen LogP contribution in [-0.2, 0) is 0 Å². The molecule has 0 saturated carbocycles. The highest BCUT2D eigenvalue weighted by Gasteiger charge is 2.29. The van der Waals surface area contributed by atoms with Gasteiger partial charge in [-0.25, -0.2) is 0 Å². The van der Waals surface area contributed by atoms with Crippen LogP contribution in [0.3, 0.4) is 0 Å². The number of rotatable bonds is 4. The molecule has 3 N–H and O–H groups in total. The van der Waals surface area contributed by atoms with E-state index < -0.39 is 0 Å². The molecule has 0 spiro atoms. The van der Waals surface area contributed by atoms with Crippen molar-refractivity contribution >= 4 is 22.9 Å². The lowest BCUT2D eigenvalue weighted by atomic mass is 9.84. The first-order valence-corrected chi connectivity index (χ1v) is 5.83. The summed E-state index contributed by atoms with van der Waals surface area (Å²) in [6.45, 7) is 4.96. The fourth-order valence-electron chi connectivity index (χ4n) is 1.52. The van der Waals surface area contributed by atoms with Gasteiger partial charge in [0.2, 0.25) is 0 Å². The van der Waals surface area contributed by atoms with E-state index in [4.69, 9.17) is 17.3 Å². The number of hydrogen-bond donors (Lipinski definition) is 2. The second-order valence-electron chi connectivity index (χ2n) is 4.06. The Morgan fingerprint density at radius 1 is 1.57 bits per heavy atom. The number of thiophene rings is 1. The fraction of sp³-hybridized carbons (Fsp3) is 0.600. The van der Waals surface area contributed by atoms with Gasteiger partial charge < -0.3 is 11.1 Å². The molecule has 2 nitrogen and oxygen atoms in total. The van der Waals surface area contributed by atoms with Crippen molar-refractivity contribution in [1.29, 1.82) is 0 Å². The highest BCUT2D eigenvalue weighted by molar-refractivity contribution is 7.16. The zero-order chi connectivity index (χ0) is 10.8. The van der Waals surface area contributed by atoms with Gasteiger partial charge >= 0.3 is 0 Å². The highest BCUT2D eigenvalue weighted by atomic mass is 35.5. The summed E-state index contributed by atoms with van der Waals surface area (Å²) >= 11 is 7.52. The van der Waals surface area contributed by atoms with Crippen LogP contribution in [0.15, 0.2) is 12.1 Å². The average molecular weight is 233 g/mol. The summed E-state index contributed by atoms with van der Waals surface area (Å²) in [5.41, 5.74) is 5.80. The summed E-state index contributed by atoms with van der Waals surface area (Å²) in [5, 5.41) is 3.29. The first-order chi connectivity index (χ1) is 6.51. The van der Waals surface area contributed by atoms with Crippen LogP contribution in [0.25, 0.3) is 0 Å². The van der Waals surface area contributed by atoms with Crippen LogP contribution in [-0.4, -0.2) is 13.6 Å². The molecule has 1 heterocycles. The van der Waals surface area contributed by atoms with Gasteiger partial charge in [0.1, 0.15) is 0 Å². The van der Waals surface area contributed by atoms with E-state index in [1.807, 2.05) is 13.1 Å². The van der Waals surface area contributed by atoms with Crippen molar-refractivity contribution in [3.63, 3.8) is 0 Å². The Bertz CT molecular complexity index is 296. The maximum Gasteiger partial charge on any atom is 0.0931 e. The second-order valence-corrected chi connectivity index (χ2v) is 5.80. The van der Waals surface area contributed by atoms with Crippen LogP contribution in [0.4, 0.5) is 0 Å². The van der Waals surface area contributed by atoms with Crippen LogP contribution in [0.2, 0.25) is 4.34 Å². The Morgan fingerprint density at radius 3 is 2.57 bits per heavy atom. The van der Waals surface area contributed by atoms with E-state index in [2.05, 4.69) is 25.2 Å². The average Bonchev–Trinajstić information content (AvgIpc) is 2.53. The van der Waals surface area contributed by atoms with Crippen LogP contribution in [0, 0.1) is 5.41 Å². The Morgan fingerprint density at radius 2 is 2.21 bits per heavy atom. The molecule has 0 aliphatic carbocycles. The highest BCUT2D eigenvalue weighted by Crippen LogP contribution is 2.36. The molecular formula is C10H17ClN2S. The molecule has 1 unspecified atom stereocenters. The number of hydrogen-bond acceptors (Lipinski definition) is 3. The summed E-state index contributed by atoms with van der Waals surface area (Å²) in [6.07, 6.45) is 0. The first kappa shape index (κ1) is 12.0. The maximum absolute atomic E-state index is 5.91. The van der Waals surface area contributed by atoms with Gasteiger partial charge in [0.25, 0.3) is 0 Å². The van der Waals surface area contributed by atoms with Crippen molar-refractivity contribution in [2.45, 2.75) is 19.9 Å². The van der Waals surface area contributed by atoms with Gasteiger partial charge in [-0.2, -0.15) is 0 Å². The Labute approximate surface area is 94.5 Å². The van der Waals surface area contributed by atoms with E-state index >= 15 is 0 Å². The van der Waals surface area contributed by atoms with Crippen molar-refractivity contribution in [2.75, 3.05) is 13.6 Å². The Hall–Kier alpha value is -0.0900. The van der Waals surface area contributed by atoms with Crippen molar-refractivity contribution < 1.29 is 0 Å². The molecule has 1 aromatic heterocycles. The topological polar surface area (TPSA) is 38.0 Å². The van der Waals surface area contributed by atoms with Gasteiger partial charge in [0.15, 0.2) is 0 Å². The summed E-state index contributed by atoms with van der Waals surface area (Å²) in [4.78, 5) is 1.24. The van der Waals surface area contributed by atoms with Crippen molar-refractivity contribution in [2.24, 2.45) is 11.1 Å². The van der Waals surface area contributed by atoms with Gasteiger partial charge in [-0.1, -0.05) is 25.4 Å². The van der Waals surface area contributed by atoms with Gasteiger partial charge in [-0.05, 0) is 31.1 Å². The molecule has 80 valence electrons. The molecule has 0 amide bonds. The first-order valence-electron chi connectivity index (χ1n) is 4.64. The minimum absolute atomic E-state index is 0.0446. The van der Waals surface area contributed by atoms with Crippen LogP contribution < -0.4 is 11.1 Å². The predicted molar refractivity (Wildman–Crippen MR) is 64.0 cm³/mol. The number of nitrogens with two attached hydrogens (primary N) is 1. The van der Waals surface area contributed by atoms with Crippen LogP contribution in [0.1, 0.15) is 24.8 Å². The molecule has 1 atom stereocenters. The minimum atomic E-state index is 0.0446. The monoisotopic (exact) mass is 232 g/mol. The van der Waals surface area contributed by atoms with Gasteiger partial charge in [-0.3, -0.25) is 0 Å². The Balaban J connectivity index is 2.92. The van der Waals surface area contributed by atoms with E-state index in [0.29, 0.717) is 6.54 Å². The van der Waals surface area contributed by atoms with E-state index in [9.17, 15) is 0 Å². The molecule has 0 aromatic carbocycles. The summed E-state index contributed by atoms with van der Waals surface area (Å²) in [6, 6.07) is 4.26. The van der Waals surface area contributed by atoms with Gasteiger partial charge in [-0.15, -0.1) is 11.3 Å². The molecule has 0 radical (unpaired) electrons. The summed E-state index contributed by atoms with van der Waals surface area (Å²) in [7, 11) is 1.95. The molecule has 0 aliphatic heterocycles. The smallest absolute Gasteiger partial charge is 0.0931 e. The van der Waals surface area contributed by atoms with E-state index in [1.165, 1.54) is 4.88 Å². The molecule has 0 aliphatic rings. The zero-order valence-corrected chi connectivity index (χ0v) is 10.4. The number of halogens is 1. The normalized spacial score (nSPS) is 14.4. The van der Waals surface area contributed by atoms with E-state index in [-0.39, 0.29) is 11.5 Å². The second kappa shape index (κ2) is 4.62. The van der Waals surface area contributed by atoms with E-state index in [1.54, 1.807) is 11.3 Å². The molecule has 0 fully saturated rings. The molecular weight excluding hydrogens is 216 g/mol. The molecule has 1 aromatic rings. The summed E-state index contributed by atoms with van der Waals surface area (Å²) < 4.78 is 0.827. The SMILES string of the molecule is CNC(c1ccc(Cl)s1)C(C)(C)CN. The van der Waals surface area contributed by atoms with Gasteiger partial charge in [0, 0.05) is 10.9 Å². The molecule has 14 heavy (non-hydrogen) atoms. The third kappa shape index (κ3) is 2.48. The van der Waals surface area contributed by atoms with Crippen LogP contribution >= 0.6 is 22.9 Å². The van der Waals surface area contributed by atoms with E-state index in [0.717, 1.165) is 4.34 Å². The van der Waals surface area contributed by atoms with Crippen molar-refractivity contribution in [1.82, 2.24) is 5.32 Å². The third-order valence-electron chi connectivity index (χ3n) is 2.47. The van der Waals surface area contributed by atoms with Crippen LogP contribution in [0.5, 0.6) is 0 Å². The lowest BCUT2D eigenvalue weighted by molar-refractivity contribution is 0.269. The molecule has 4 heteroatoms. The quantitative estimate of drug-likeness (QED) is 0.838. The lowest BCUT2D eigenvalue weighted by Gasteiger charge is -2.32. The van der Waals surface area contributed by atoms with Crippen molar-refractivity contribution in [3.8, 4) is 0 Å².